The second kappa shape index (κ2) is 7.64. The summed E-state index contributed by atoms with van der Waals surface area (Å²) in [4.78, 5) is 24.3. The molecule has 1 rings (SSSR count). The van der Waals surface area contributed by atoms with E-state index in [1.54, 1.807) is 0 Å². The van der Waals surface area contributed by atoms with Gasteiger partial charge < -0.3 is 14.7 Å². The molecule has 1 N–H and O–H groups in total. The molecular formula is C11H17F2NO4S. The van der Waals surface area contributed by atoms with Gasteiger partial charge in [0, 0.05) is 5.75 Å². The monoisotopic (exact) mass is 297 g/mol. The van der Waals surface area contributed by atoms with Crippen LogP contribution in [0.3, 0.4) is 0 Å². The average molecular weight is 297 g/mol. The number of amides is 1. The largest absolute Gasteiger partial charge is 0.480 e. The lowest BCUT2D eigenvalue weighted by Crippen LogP contribution is -2.45. The van der Waals surface area contributed by atoms with Gasteiger partial charge in [-0.3, -0.25) is 4.79 Å². The molecule has 110 valence electrons. The first kappa shape index (κ1) is 16.2. The Bertz CT molecular complexity index is 330. The molecule has 1 aliphatic heterocycles. The van der Waals surface area contributed by atoms with Gasteiger partial charge in [-0.25, -0.2) is 13.6 Å². The molecule has 1 heterocycles. The van der Waals surface area contributed by atoms with E-state index in [9.17, 15) is 18.4 Å². The molecule has 2 atom stereocenters. The molecule has 2 unspecified atom stereocenters. The average Bonchev–Trinajstić information content (AvgIpc) is 2.77. The quantitative estimate of drug-likeness (QED) is 0.720. The van der Waals surface area contributed by atoms with Crippen molar-refractivity contribution in [2.75, 3.05) is 19.0 Å². The summed E-state index contributed by atoms with van der Waals surface area (Å²) in [6, 6.07) is -0.836. The third-order valence-corrected chi connectivity index (χ3v) is 4.17. The summed E-state index contributed by atoms with van der Waals surface area (Å²) in [6.07, 6.45) is -1.99. The van der Waals surface area contributed by atoms with Crippen LogP contribution in [0.15, 0.2) is 0 Å². The number of thioether (sulfide) groups is 1. The molecule has 0 aromatic carbocycles. The van der Waals surface area contributed by atoms with Gasteiger partial charge in [-0.2, -0.15) is 0 Å². The molecule has 0 saturated carbocycles. The van der Waals surface area contributed by atoms with Crippen LogP contribution in [0.2, 0.25) is 0 Å². The molecule has 0 aromatic rings. The van der Waals surface area contributed by atoms with Crippen LogP contribution in [0.1, 0.15) is 19.8 Å². The summed E-state index contributed by atoms with van der Waals surface area (Å²) >= 11 is 1.42. The lowest BCUT2D eigenvalue weighted by Gasteiger charge is -2.26. The Morgan fingerprint density at radius 3 is 2.74 bits per heavy atom. The molecule has 19 heavy (non-hydrogen) atoms. The van der Waals surface area contributed by atoms with Gasteiger partial charge in [-0.15, -0.1) is 11.8 Å². The summed E-state index contributed by atoms with van der Waals surface area (Å²) in [7, 11) is 0. The minimum absolute atomic E-state index is 0.0758. The number of carbonyl (C=O) groups is 2. The van der Waals surface area contributed by atoms with Gasteiger partial charge in [0.2, 0.25) is 5.91 Å². The second-order valence-corrected chi connectivity index (χ2v) is 5.28. The zero-order valence-corrected chi connectivity index (χ0v) is 11.4. The third-order valence-electron chi connectivity index (χ3n) is 2.72. The maximum Gasteiger partial charge on any atom is 0.327 e. The van der Waals surface area contributed by atoms with Crippen LogP contribution in [-0.4, -0.2) is 58.7 Å². The third kappa shape index (κ3) is 4.61. The van der Waals surface area contributed by atoms with Gasteiger partial charge in [0.05, 0.1) is 18.4 Å². The summed E-state index contributed by atoms with van der Waals surface area (Å²) in [6.45, 7) is 1.05. The Morgan fingerprint density at radius 1 is 1.53 bits per heavy atom. The molecule has 1 fully saturated rings. The fraction of sp³-hybridized carbons (Fsp3) is 0.818. The minimum Gasteiger partial charge on any atom is -0.480 e. The predicted molar refractivity (Wildman–Crippen MR) is 66.2 cm³/mol. The molecule has 0 spiro atoms. The van der Waals surface area contributed by atoms with E-state index < -0.39 is 25.0 Å². The van der Waals surface area contributed by atoms with Crippen molar-refractivity contribution in [1.82, 2.24) is 4.90 Å². The van der Waals surface area contributed by atoms with E-state index in [1.807, 2.05) is 6.92 Å². The number of halogens is 2. The number of nitrogens with zero attached hydrogens (tertiary/aromatic N) is 1. The molecule has 0 radical (unpaired) electrons. The molecule has 0 aromatic heterocycles. The highest BCUT2D eigenvalue weighted by Crippen LogP contribution is 2.31. The fourth-order valence-electron chi connectivity index (χ4n) is 1.86. The van der Waals surface area contributed by atoms with Crippen molar-refractivity contribution in [3.8, 4) is 0 Å². The summed E-state index contributed by atoms with van der Waals surface area (Å²) in [5.74, 6) is -1.04. The van der Waals surface area contributed by atoms with Crippen molar-refractivity contribution in [2.24, 2.45) is 0 Å². The minimum atomic E-state index is -2.56. The van der Waals surface area contributed by atoms with E-state index >= 15 is 0 Å². The molecule has 0 aliphatic carbocycles. The lowest BCUT2D eigenvalue weighted by molar-refractivity contribution is -0.149. The zero-order valence-electron chi connectivity index (χ0n) is 10.6. The number of aliphatic carboxylic acids is 1. The molecule has 1 amide bonds. The zero-order chi connectivity index (χ0) is 14.4. The number of hydrogen-bond donors (Lipinski definition) is 1. The SMILES string of the molecule is CCC1SCC(C(=O)O)N1C(=O)CCOCC(F)F. The Kier molecular flexibility index (Phi) is 6.50. The van der Waals surface area contributed by atoms with Crippen molar-refractivity contribution < 1.29 is 28.2 Å². The number of hydrogen-bond acceptors (Lipinski definition) is 4. The van der Waals surface area contributed by atoms with Gasteiger partial charge in [0.1, 0.15) is 12.6 Å². The van der Waals surface area contributed by atoms with Gasteiger partial charge in [0.25, 0.3) is 6.43 Å². The Labute approximate surface area is 114 Å². The molecular weight excluding hydrogens is 280 g/mol. The van der Waals surface area contributed by atoms with Gasteiger partial charge in [-0.05, 0) is 6.42 Å². The highest BCUT2D eigenvalue weighted by atomic mass is 32.2. The molecule has 1 aliphatic rings. The Morgan fingerprint density at radius 2 is 2.21 bits per heavy atom. The normalized spacial score (nSPS) is 23.1. The fourth-order valence-corrected chi connectivity index (χ4v) is 3.23. The number of carboxylic acids is 1. The van der Waals surface area contributed by atoms with E-state index in [4.69, 9.17) is 5.11 Å². The van der Waals surface area contributed by atoms with Crippen molar-refractivity contribution in [3.63, 3.8) is 0 Å². The van der Waals surface area contributed by atoms with Crippen molar-refractivity contribution in [1.29, 1.82) is 0 Å². The molecule has 8 heteroatoms. The first-order chi connectivity index (χ1) is 8.97. The van der Waals surface area contributed by atoms with Crippen LogP contribution in [-0.2, 0) is 14.3 Å². The standard InChI is InChI=1S/C11H17F2NO4S/c1-2-10-14(7(6-19-10)11(16)17)9(15)3-4-18-5-8(12)13/h7-8,10H,2-6H2,1H3,(H,16,17). The Hall–Kier alpha value is -0.890. The predicted octanol–water partition coefficient (Wildman–Crippen LogP) is 1.42. The first-order valence-electron chi connectivity index (χ1n) is 5.98. The van der Waals surface area contributed by atoms with Gasteiger partial charge in [0.15, 0.2) is 0 Å². The number of rotatable bonds is 7. The summed E-state index contributed by atoms with van der Waals surface area (Å²) in [5.41, 5.74) is 0. The maximum absolute atomic E-state index is 12.0. The maximum atomic E-state index is 12.0. The second-order valence-electron chi connectivity index (χ2n) is 4.07. The van der Waals surface area contributed by atoms with Gasteiger partial charge in [-0.1, -0.05) is 6.92 Å². The number of alkyl halides is 2. The van der Waals surface area contributed by atoms with E-state index in [2.05, 4.69) is 4.74 Å². The van der Waals surface area contributed by atoms with Crippen molar-refractivity contribution in [3.05, 3.63) is 0 Å². The highest BCUT2D eigenvalue weighted by molar-refractivity contribution is 8.00. The van der Waals surface area contributed by atoms with Crippen LogP contribution in [0, 0.1) is 0 Å². The van der Waals surface area contributed by atoms with E-state index in [-0.39, 0.29) is 24.3 Å². The van der Waals surface area contributed by atoms with Crippen molar-refractivity contribution in [2.45, 2.75) is 37.6 Å². The van der Waals surface area contributed by atoms with Crippen LogP contribution in [0.5, 0.6) is 0 Å². The van der Waals surface area contributed by atoms with Crippen LogP contribution in [0.25, 0.3) is 0 Å². The molecule has 1 saturated heterocycles. The summed E-state index contributed by atoms with van der Waals surface area (Å²) < 4.78 is 28.3. The van der Waals surface area contributed by atoms with E-state index in [0.29, 0.717) is 12.2 Å². The smallest absolute Gasteiger partial charge is 0.327 e. The van der Waals surface area contributed by atoms with Gasteiger partial charge >= 0.3 is 5.97 Å². The number of carboxylic acid groups (broad SMARTS) is 1. The van der Waals surface area contributed by atoms with E-state index in [0.717, 1.165) is 0 Å². The Balaban J connectivity index is 2.49. The van der Waals surface area contributed by atoms with Crippen LogP contribution in [0.4, 0.5) is 8.78 Å². The topological polar surface area (TPSA) is 66.8 Å². The highest BCUT2D eigenvalue weighted by Gasteiger charge is 2.40. The molecule has 5 nitrogen and oxygen atoms in total. The number of carbonyl (C=O) groups excluding carboxylic acids is 1. The summed E-state index contributed by atoms with van der Waals surface area (Å²) in [5, 5.41) is 8.89. The lowest BCUT2D eigenvalue weighted by atomic mass is 10.2. The van der Waals surface area contributed by atoms with Crippen molar-refractivity contribution >= 4 is 23.6 Å². The van der Waals surface area contributed by atoms with E-state index in [1.165, 1.54) is 16.7 Å². The number of ether oxygens (including phenoxy) is 1. The first-order valence-corrected chi connectivity index (χ1v) is 7.03. The van der Waals surface area contributed by atoms with Crippen LogP contribution < -0.4 is 0 Å². The van der Waals surface area contributed by atoms with Crippen LogP contribution >= 0.6 is 11.8 Å². The molecule has 0 bridgehead atoms.